The van der Waals surface area contributed by atoms with Crippen LogP contribution in [0.15, 0.2) is 24.3 Å². The molecular weight excluding hydrogens is 660 g/mol. The lowest BCUT2D eigenvalue weighted by Gasteiger charge is -2.35. The standard InChI is InChI=1S/C32H44N6O12/c1-31(2,3)49-29(47)9-7-15-33-21(39)17-37(27(45)19-35-23(41)11-12-24(35)42)38(28(46)20-36-25(43)13-14-26(36)44)18-22(40)34-16-8-10-30(48)50-32(4,5)6/h11-14H,7-10,15-20H2,1-6H3,(H,33,39)(H,34,40). The zero-order valence-corrected chi connectivity index (χ0v) is 29.1. The Morgan fingerprint density at radius 1 is 0.580 bits per heavy atom. The molecule has 0 aromatic carbocycles. The number of ether oxygens (including phenoxy) is 2. The van der Waals surface area contributed by atoms with Gasteiger partial charge in [0.25, 0.3) is 35.4 Å². The molecule has 0 radical (unpaired) electrons. The molecule has 0 unspecified atom stereocenters. The van der Waals surface area contributed by atoms with Crippen LogP contribution in [-0.4, -0.2) is 129 Å². The van der Waals surface area contributed by atoms with Gasteiger partial charge in [0.2, 0.25) is 11.8 Å². The second-order valence-corrected chi connectivity index (χ2v) is 13.2. The van der Waals surface area contributed by atoms with Crippen LogP contribution >= 0.6 is 0 Å². The molecule has 0 aromatic heterocycles. The number of amides is 8. The Labute approximate surface area is 289 Å². The van der Waals surface area contributed by atoms with Gasteiger partial charge >= 0.3 is 11.9 Å². The number of imide groups is 2. The van der Waals surface area contributed by atoms with Crippen molar-refractivity contribution in [1.82, 2.24) is 30.5 Å². The van der Waals surface area contributed by atoms with Gasteiger partial charge in [0.15, 0.2) is 0 Å². The molecule has 18 heteroatoms. The molecule has 2 N–H and O–H groups in total. The molecule has 2 aliphatic rings. The van der Waals surface area contributed by atoms with Crippen molar-refractivity contribution in [2.45, 2.75) is 78.4 Å². The first-order valence-corrected chi connectivity index (χ1v) is 15.8. The summed E-state index contributed by atoms with van der Waals surface area (Å²) in [5.74, 6) is -8.35. The Bertz CT molecular complexity index is 1310. The summed E-state index contributed by atoms with van der Waals surface area (Å²) in [4.78, 5) is 127. The fraction of sp³-hybridized carbons (Fsp3) is 0.562. The van der Waals surface area contributed by atoms with Crippen LogP contribution in [0.4, 0.5) is 0 Å². The molecule has 2 rings (SSSR count). The lowest BCUT2D eigenvalue weighted by atomic mass is 10.2. The quantitative estimate of drug-likeness (QED) is 0.0844. The molecule has 0 aliphatic carbocycles. The van der Waals surface area contributed by atoms with E-state index >= 15 is 0 Å². The zero-order chi connectivity index (χ0) is 37.8. The Morgan fingerprint density at radius 2 is 0.880 bits per heavy atom. The number of rotatable bonds is 16. The van der Waals surface area contributed by atoms with Crippen molar-refractivity contribution in [3.63, 3.8) is 0 Å². The highest BCUT2D eigenvalue weighted by Crippen LogP contribution is 2.12. The van der Waals surface area contributed by atoms with Crippen LogP contribution in [-0.2, 0) is 57.4 Å². The van der Waals surface area contributed by atoms with Crippen molar-refractivity contribution >= 4 is 59.2 Å². The Morgan fingerprint density at radius 3 is 1.16 bits per heavy atom. The summed E-state index contributed by atoms with van der Waals surface area (Å²) in [7, 11) is 0. The molecule has 0 saturated heterocycles. The van der Waals surface area contributed by atoms with Crippen molar-refractivity contribution in [2.24, 2.45) is 0 Å². The van der Waals surface area contributed by atoms with Crippen LogP contribution in [0.25, 0.3) is 0 Å². The summed E-state index contributed by atoms with van der Waals surface area (Å²) in [6, 6.07) is 0. The smallest absolute Gasteiger partial charge is 0.306 e. The number of esters is 2. The molecule has 50 heavy (non-hydrogen) atoms. The molecule has 0 aromatic rings. The number of hydrogen-bond donors (Lipinski definition) is 2. The van der Waals surface area contributed by atoms with Crippen LogP contribution in [0.1, 0.15) is 67.2 Å². The van der Waals surface area contributed by atoms with Gasteiger partial charge in [-0.3, -0.25) is 57.7 Å². The fourth-order valence-corrected chi connectivity index (χ4v) is 4.31. The third kappa shape index (κ3) is 14.0. The van der Waals surface area contributed by atoms with Gasteiger partial charge in [0.05, 0.1) is 0 Å². The second-order valence-electron chi connectivity index (χ2n) is 13.2. The van der Waals surface area contributed by atoms with E-state index in [2.05, 4.69) is 10.6 Å². The average Bonchev–Trinajstić information content (AvgIpc) is 3.47. The molecule has 0 saturated carbocycles. The lowest BCUT2D eigenvalue weighted by molar-refractivity contribution is -0.170. The molecular formula is C32H44N6O12. The van der Waals surface area contributed by atoms with Crippen molar-refractivity contribution in [2.75, 3.05) is 39.3 Å². The summed E-state index contributed by atoms with van der Waals surface area (Å²) >= 11 is 0. The van der Waals surface area contributed by atoms with E-state index in [1.165, 1.54) is 0 Å². The normalized spacial score (nSPS) is 14.2. The fourth-order valence-electron chi connectivity index (χ4n) is 4.31. The summed E-state index contributed by atoms with van der Waals surface area (Å²) in [6.07, 6.45) is 3.89. The molecule has 0 atom stereocenters. The Balaban J connectivity index is 2.25. The third-order valence-corrected chi connectivity index (χ3v) is 6.44. The van der Waals surface area contributed by atoms with E-state index in [0.717, 1.165) is 24.3 Å². The molecule has 18 nitrogen and oxygen atoms in total. The minimum absolute atomic E-state index is 0.0446. The molecule has 8 amide bonds. The number of hydrazine groups is 1. The van der Waals surface area contributed by atoms with E-state index in [1.807, 2.05) is 0 Å². The third-order valence-electron chi connectivity index (χ3n) is 6.44. The summed E-state index contributed by atoms with van der Waals surface area (Å²) in [6.45, 7) is 6.39. The van der Waals surface area contributed by atoms with E-state index in [0.29, 0.717) is 19.8 Å². The van der Waals surface area contributed by atoms with Gasteiger partial charge < -0.3 is 20.1 Å². The zero-order valence-electron chi connectivity index (χ0n) is 29.1. The van der Waals surface area contributed by atoms with Gasteiger partial charge in [-0.05, 0) is 54.4 Å². The highest BCUT2D eigenvalue weighted by molar-refractivity contribution is 6.15. The van der Waals surface area contributed by atoms with Gasteiger partial charge in [-0.15, -0.1) is 0 Å². The maximum atomic E-state index is 13.6. The minimum Gasteiger partial charge on any atom is -0.460 e. The number of nitrogens with zero attached hydrogens (tertiary/aromatic N) is 4. The maximum absolute atomic E-state index is 13.6. The molecule has 2 heterocycles. The topological polar surface area (TPSA) is 226 Å². The largest absolute Gasteiger partial charge is 0.460 e. The molecule has 2 aliphatic heterocycles. The van der Waals surface area contributed by atoms with Crippen molar-refractivity contribution in [3.05, 3.63) is 24.3 Å². The van der Waals surface area contributed by atoms with Crippen LogP contribution in [0.2, 0.25) is 0 Å². The molecule has 0 bridgehead atoms. The summed E-state index contributed by atoms with van der Waals surface area (Å²) < 4.78 is 10.4. The summed E-state index contributed by atoms with van der Waals surface area (Å²) in [5.41, 5.74) is -1.43. The number of hydrogen-bond acceptors (Lipinski definition) is 12. The van der Waals surface area contributed by atoms with Crippen molar-refractivity contribution in [1.29, 1.82) is 0 Å². The van der Waals surface area contributed by atoms with Crippen LogP contribution < -0.4 is 10.6 Å². The molecule has 0 fully saturated rings. The van der Waals surface area contributed by atoms with E-state index in [9.17, 15) is 47.9 Å². The van der Waals surface area contributed by atoms with E-state index in [-0.39, 0.29) is 38.8 Å². The van der Waals surface area contributed by atoms with Crippen LogP contribution in [0, 0.1) is 0 Å². The number of carbonyl (C=O) groups excluding carboxylic acids is 10. The van der Waals surface area contributed by atoms with Gasteiger partial charge in [-0.25, -0.2) is 10.0 Å². The van der Waals surface area contributed by atoms with E-state index < -0.39 is 96.6 Å². The van der Waals surface area contributed by atoms with Crippen LogP contribution in [0.3, 0.4) is 0 Å². The van der Waals surface area contributed by atoms with Gasteiger partial charge in [0.1, 0.15) is 37.4 Å². The predicted octanol–water partition coefficient (Wildman–Crippen LogP) is -1.12. The van der Waals surface area contributed by atoms with Crippen molar-refractivity contribution < 1.29 is 57.4 Å². The van der Waals surface area contributed by atoms with E-state index in [1.54, 1.807) is 41.5 Å². The van der Waals surface area contributed by atoms with Gasteiger partial charge in [-0.2, -0.15) is 0 Å². The lowest BCUT2D eigenvalue weighted by Crippen LogP contribution is -2.60. The summed E-state index contributed by atoms with van der Waals surface area (Å²) in [5, 5.41) is 6.04. The predicted molar refractivity (Wildman–Crippen MR) is 171 cm³/mol. The number of carbonyl (C=O) groups is 10. The Kier molecular flexibility index (Phi) is 14.5. The highest BCUT2D eigenvalue weighted by Gasteiger charge is 2.36. The van der Waals surface area contributed by atoms with Crippen LogP contribution in [0.5, 0.6) is 0 Å². The first kappa shape index (κ1) is 40.8. The highest BCUT2D eigenvalue weighted by atomic mass is 16.6. The first-order valence-electron chi connectivity index (χ1n) is 15.8. The van der Waals surface area contributed by atoms with Crippen molar-refractivity contribution in [3.8, 4) is 0 Å². The second kappa shape index (κ2) is 17.8. The van der Waals surface area contributed by atoms with Gasteiger partial charge in [0, 0.05) is 50.2 Å². The Hall–Kier alpha value is -5.42. The maximum Gasteiger partial charge on any atom is 0.306 e. The number of nitrogens with one attached hydrogen (secondary N) is 2. The van der Waals surface area contributed by atoms with E-state index in [4.69, 9.17) is 9.47 Å². The first-order chi connectivity index (χ1) is 23.2. The minimum atomic E-state index is -1.14. The van der Waals surface area contributed by atoms with Gasteiger partial charge in [-0.1, -0.05) is 0 Å². The monoisotopic (exact) mass is 704 g/mol. The molecule has 274 valence electrons. The molecule has 0 spiro atoms. The SMILES string of the molecule is CC(C)(C)OC(=O)CCCNC(=O)CN(C(=O)CN1C(=O)C=CC1=O)N(CC(=O)NCCCC(=O)OC(C)(C)C)C(=O)CN1C(=O)C=CC1=O. The average molecular weight is 705 g/mol.